The second-order valence-corrected chi connectivity index (χ2v) is 7.02. The van der Waals surface area contributed by atoms with Gasteiger partial charge < -0.3 is 19.5 Å². The third kappa shape index (κ3) is 3.21. The molecule has 1 aromatic carbocycles. The molecule has 25 heavy (non-hydrogen) atoms. The van der Waals surface area contributed by atoms with Gasteiger partial charge in [0.15, 0.2) is 5.69 Å². The molecule has 0 radical (unpaired) electrons. The quantitative estimate of drug-likeness (QED) is 0.906. The van der Waals surface area contributed by atoms with Crippen molar-refractivity contribution in [3.05, 3.63) is 41.8 Å². The zero-order valence-electron chi connectivity index (χ0n) is 14.6. The highest BCUT2D eigenvalue weighted by molar-refractivity contribution is 5.92. The molecule has 2 aromatic rings. The minimum absolute atomic E-state index is 0.0680. The molecule has 0 spiro atoms. The van der Waals surface area contributed by atoms with Crippen LogP contribution in [0.2, 0.25) is 0 Å². The number of carbonyl (C=O) groups is 1. The summed E-state index contributed by atoms with van der Waals surface area (Å²) in [7, 11) is 1.68. The van der Waals surface area contributed by atoms with Crippen LogP contribution >= 0.6 is 0 Å². The zero-order valence-corrected chi connectivity index (χ0v) is 14.6. The smallest absolute Gasteiger partial charge is 0.273 e. The van der Waals surface area contributed by atoms with Gasteiger partial charge in [0.05, 0.1) is 18.8 Å². The number of benzene rings is 1. The molecule has 1 aromatic heterocycles. The summed E-state index contributed by atoms with van der Waals surface area (Å²) >= 11 is 0. The molecular weight excluding hydrogens is 318 g/mol. The van der Waals surface area contributed by atoms with E-state index in [1.165, 1.54) is 0 Å². The van der Waals surface area contributed by atoms with E-state index in [9.17, 15) is 4.79 Å². The van der Waals surface area contributed by atoms with Crippen molar-refractivity contribution >= 4 is 11.6 Å². The maximum absolute atomic E-state index is 12.5. The first kappa shape index (κ1) is 16.0. The summed E-state index contributed by atoms with van der Waals surface area (Å²) in [6, 6.07) is 9.82. The van der Waals surface area contributed by atoms with E-state index in [1.54, 1.807) is 13.2 Å². The standard InChI is InChI=1S/C19H23N3O3/c1-12-10-22(16-5-3-4-6-17(16)24-2)11-15(12)20-19(23)14-9-18(25-21-14)13-7-8-13/h3-6,9,12-13,15H,7-8,10-11H2,1-2H3,(H,20,23)/t12-,15+/m1/s1. The molecule has 1 amide bonds. The van der Waals surface area contributed by atoms with Crippen molar-refractivity contribution in [1.82, 2.24) is 10.5 Å². The van der Waals surface area contributed by atoms with Gasteiger partial charge in [-0.3, -0.25) is 4.79 Å². The van der Waals surface area contributed by atoms with Gasteiger partial charge in [-0.05, 0) is 30.9 Å². The van der Waals surface area contributed by atoms with E-state index in [1.807, 2.05) is 18.2 Å². The summed E-state index contributed by atoms with van der Waals surface area (Å²) in [4.78, 5) is 14.7. The number of methoxy groups -OCH3 is 1. The van der Waals surface area contributed by atoms with Crippen molar-refractivity contribution in [3.8, 4) is 5.75 Å². The summed E-state index contributed by atoms with van der Waals surface area (Å²) in [6.07, 6.45) is 2.26. The third-order valence-corrected chi connectivity index (χ3v) is 5.10. The van der Waals surface area contributed by atoms with Gasteiger partial charge in [-0.25, -0.2) is 0 Å². The number of hydrogen-bond acceptors (Lipinski definition) is 5. The molecule has 0 bridgehead atoms. The van der Waals surface area contributed by atoms with Crippen LogP contribution < -0.4 is 15.0 Å². The Morgan fingerprint density at radius 3 is 2.88 bits per heavy atom. The fourth-order valence-corrected chi connectivity index (χ4v) is 3.44. The van der Waals surface area contributed by atoms with Crippen LogP contribution in [0.1, 0.15) is 41.9 Å². The van der Waals surface area contributed by atoms with Gasteiger partial charge in [0, 0.05) is 25.1 Å². The molecule has 2 aliphatic rings. The summed E-state index contributed by atoms with van der Waals surface area (Å²) < 4.78 is 10.7. The van der Waals surface area contributed by atoms with Crippen molar-refractivity contribution in [1.29, 1.82) is 0 Å². The van der Waals surface area contributed by atoms with Crippen LogP contribution in [0.5, 0.6) is 5.75 Å². The molecular formula is C19H23N3O3. The SMILES string of the molecule is COc1ccccc1N1C[C@@H](C)[C@@H](NC(=O)c2cc(C3CC3)on2)C1. The largest absolute Gasteiger partial charge is 0.495 e. The van der Waals surface area contributed by atoms with E-state index >= 15 is 0 Å². The topological polar surface area (TPSA) is 67.6 Å². The minimum Gasteiger partial charge on any atom is -0.495 e. The average molecular weight is 341 g/mol. The predicted molar refractivity (Wildman–Crippen MR) is 94.1 cm³/mol. The highest BCUT2D eigenvalue weighted by Crippen LogP contribution is 2.40. The molecule has 2 heterocycles. The van der Waals surface area contributed by atoms with Crippen molar-refractivity contribution in [2.45, 2.75) is 31.7 Å². The van der Waals surface area contributed by atoms with E-state index in [2.05, 4.69) is 28.4 Å². The van der Waals surface area contributed by atoms with Crippen LogP contribution in [0.4, 0.5) is 5.69 Å². The Labute approximate surface area is 147 Å². The highest BCUT2D eigenvalue weighted by atomic mass is 16.5. The van der Waals surface area contributed by atoms with E-state index in [0.29, 0.717) is 17.5 Å². The van der Waals surface area contributed by atoms with Crippen molar-refractivity contribution < 1.29 is 14.1 Å². The van der Waals surface area contributed by atoms with Gasteiger partial charge in [-0.2, -0.15) is 0 Å². The maximum Gasteiger partial charge on any atom is 0.273 e. The lowest BCUT2D eigenvalue weighted by atomic mass is 10.1. The fourth-order valence-electron chi connectivity index (χ4n) is 3.44. The summed E-state index contributed by atoms with van der Waals surface area (Å²) in [5.41, 5.74) is 1.44. The molecule has 6 heteroatoms. The molecule has 6 nitrogen and oxygen atoms in total. The Hall–Kier alpha value is -2.50. The number of rotatable bonds is 5. The van der Waals surface area contributed by atoms with E-state index in [-0.39, 0.29) is 11.9 Å². The Bertz CT molecular complexity index is 769. The summed E-state index contributed by atoms with van der Waals surface area (Å²) in [5.74, 6) is 2.33. The molecule has 132 valence electrons. The second kappa shape index (κ2) is 6.43. The number of para-hydroxylation sites is 2. The molecule has 0 unspecified atom stereocenters. The molecule has 1 aliphatic carbocycles. The van der Waals surface area contributed by atoms with Crippen LogP contribution in [-0.4, -0.2) is 37.3 Å². The van der Waals surface area contributed by atoms with Crippen LogP contribution in [-0.2, 0) is 0 Å². The molecule has 1 saturated carbocycles. The van der Waals surface area contributed by atoms with Crippen LogP contribution in [0.15, 0.2) is 34.9 Å². The van der Waals surface area contributed by atoms with Crippen LogP contribution in [0.3, 0.4) is 0 Å². The summed E-state index contributed by atoms with van der Waals surface area (Å²) in [6.45, 7) is 3.77. The van der Waals surface area contributed by atoms with E-state index < -0.39 is 0 Å². The van der Waals surface area contributed by atoms with Gasteiger partial charge in [0.2, 0.25) is 0 Å². The number of nitrogens with one attached hydrogen (secondary N) is 1. The molecule has 2 atom stereocenters. The van der Waals surface area contributed by atoms with Gasteiger partial charge in [-0.1, -0.05) is 24.2 Å². The minimum atomic E-state index is -0.158. The lowest BCUT2D eigenvalue weighted by Crippen LogP contribution is -2.40. The van der Waals surface area contributed by atoms with Crippen LogP contribution in [0, 0.1) is 5.92 Å². The molecule has 4 rings (SSSR count). The first-order valence-electron chi connectivity index (χ1n) is 8.81. The number of aromatic nitrogens is 1. The average Bonchev–Trinajstić information content (AvgIpc) is 3.24. The number of hydrogen-bond donors (Lipinski definition) is 1. The number of anilines is 1. The Morgan fingerprint density at radius 2 is 2.12 bits per heavy atom. The monoisotopic (exact) mass is 341 g/mol. The Morgan fingerprint density at radius 1 is 1.32 bits per heavy atom. The lowest BCUT2D eigenvalue weighted by molar-refractivity contribution is 0.0924. The van der Waals surface area contributed by atoms with E-state index in [0.717, 1.165) is 43.1 Å². The first-order chi connectivity index (χ1) is 12.2. The Balaban J connectivity index is 1.43. The molecule has 2 fully saturated rings. The molecule has 1 aliphatic heterocycles. The highest BCUT2D eigenvalue weighted by Gasteiger charge is 2.33. The molecule has 1 N–H and O–H groups in total. The van der Waals surface area contributed by atoms with Crippen molar-refractivity contribution in [2.24, 2.45) is 5.92 Å². The van der Waals surface area contributed by atoms with Gasteiger partial charge in [-0.15, -0.1) is 0 Å². The van der Waals surface area contributed by atoms with Gasteiger partial charge in [0.25, 0.3) is 5.91 Å². The Kier molecular flexibility index (Phi) is 4.11. The van der Waals surface area contributed by atoms with Crippen molar-refractivity contribution in [2.75, 3.05) is 25.1 Å². The van der Waals surface area contributed by atoms with Gasteiger partial charge >= 0.3 is 0 Å². The number of carbonyl (C=O) groups excluding carboxylic acids is 1. The lowest BCUT2D eigenvalue weighted by Gasteiger charge is -2.21. The van der Waals surface area contributed by atoms with Gasteiger partial charge in [0.1, 0.15) is 11.5 Å². The number of nitrogens with zero attached hydrogens (tertiary/aromatic N) is 2. The zero-order chi connectivity index (χ0) is 17.4. The number of ether oxygens (including phenoxy) is 1. The second-order valence-electron chi connectivity index (χ2n) is 7.02. The third-order valence-electron chi connectivity index (χ3n) is 5.10. The normalized spacial score (nSPS) is 22.9. The molecule has 1 saturated heterocycles. The fraction of sp³-hybridized carbons (Fsp3) is 0.474. The maximum atomic E-state index is 12.5. The van der Waals surface area contributed by atoms with E-state index in [4.69, 9.17) is 9.26 Å². The van der Waals surface area contributed by atoms with Crippen molar-refractivity contribution in [3.63, 3.8) is 0 Å². The predicted octanol–water partition coefficient (Wildman–Crippen LogP) is 2.82. The number of amides is 1. The van der Waals surface area contributed by atoms with Crippen LogP contribution in [0.25, 0.3) is 0 Å². The summed E-state index contributed by atoms with van der Waals surface area (Å²) in [5, 5.41) is 7.04. The first-order valence-corrected chi connectivity index (χ1v) is 8.81.